The lowest BCUT2D eigenvalue weighted by Gasteiger charge is -2.24. The van der Waals surface area contributed by atoms with Crippen molar-refractivity contribution in [3.8, 4) is 5.75 Å². The second kappa shape index (κ2) is 6.45. The molecule has 0 aromatic heterocycles. The summed E-state index contributed by atoms with van der Waals surface area (Å²) in [5.41, 5.74) is 0.469. The maximum atomic E-state index is 11.2. The van der Waals surface area contributed by atoms with Crippen LogP contribution < -0.4 is 4.74 Å². The highest BCUT2D eigenvalue weighted by Crippen LogP contribution is 2.31. The first-order chi connectivity index (χ1) is 8.70. The maximum absolute atomic E-state index is 11.2. The van der Waals surface area contributed by atoms with Crippen molar-refractivity contribution in [2.75, 3.05) is 19.5 Å². The topological polar surface area (TPSA) is 35.5 Å². The number of benzene rings is 1. The summed E-state index contributed by atoms with van der Waals surface area (Å²) in [4.78, 5) is 12.2. The van der Waals surface area contributed by atoms with E-state index in [9.17, 15) is 4.79 Å². The lowest BCUT2D eigenvalue weighted by Crippen LogP contribution is -2.26. The summed E-state index contributed by atoms with van der Waals surface area (Å²) in [6.45, 7) is 1.46. The number of hydrogen-bond acceptors (Lipinski definition) is 4. The van der Waals surface area contributed by atoms with E-state index in [1.165, 1.54) is 0 Å². The molecule has 1 aliphatic heterocycles. The van der Waals surface area contributed by atoms with Gasteiger partial charge in [-0.05, 0) is 36.1 Å². The Hall–Kier alpha value is -0.710. The van der Waals surface area contributed by atoms with Crippen molar-refractivity contribution < 1.29 is 14.3 Å². The highest BCUT2D eigenvalue weighted by atomic mass is 35.5. The van der Waals surface area contributed by atoms with E-state index in [1.807, 2.05) is 12.3 Å². The zero-order chi connectivity index (χ0) is 13.0. The zero-order valence-corrected chi connectivity index (χ0v) is 11.7. The number of halogens is 1. The third-order valence-electron chi connectivity index (χ3n) is 2.85. The molecule has 5 heteroatoms. The number of ether oxygens (including phenoxy) is 2. The third-order valence-corrected chi connectivity index (χ3v) is 3.85. The van der Waals surface area contributed by atoms with E-state index >= 15 is 0 Å². The molecule has 0 saturated carbocycles. The van der Waals surface area contributed by atoms with Gasteiger partial charge in [0.1, 0.15) is 11.9 Å². The molecule has 2 rings (SSSR count). The van der Waals surface area contributed by atoms with E-state index in [0.29, 0.717) is 5.56 Å². The van der Waals surface area contributed by atoms with Gasteiger partial charge < -0.3 is 9.47 Å². The molecule has 1 aromatic carbocycles. The minimum absolute atomic E-state index is 0.158. The predicted octanol–water partition coefficient (Wildman–Crippen LogP) is 3.35. The van der Waals surface area contributed by atoms with Crippen molar-refractivity contribution >= 4 is 28.6 Å². The molecule has 0 bridgehead atoms. The molecule has 0 aliphatic carbocycles. The van der Waals surface area contributed by atoms with Crippen LogP contribution in [-0.4, -0.2) is 30.8 Å². The Bertz CT molecular complexity index is 430. The highest BCUT2D eigenvalue weighted by Gasteiger charge is 2.17. The van der Waals surface area contributed by atoms with Crippen LogP contribution in [0.4, 0.5) is 0 Å². The fourth-order valence-electron chi connectivity index (χ4n) is 1.86. The van der Waals surface area contributed by atoms with Gasteiger partial charge in [-0.3, -0.25) is 4.79 Å². The first-order valence-electron chi connectivity index (χ1n) is 5.83. The summed E-state index contributed by atoms with van der Waals surface area (Å²) in [5.74, 6) is 0.737. The van der Waals surface area contributed by atoms with Gasteiger partial charge in [-0.2, -0.15) is 0 Å². The molecule has 1 saturated heterocycles. The van der Waals surface area contributed by atoms with Gasteiger partial charge in [0.15, 0.2) is 0 Å². The molecule has 0 amide bonds. The molecule has 0 atom stereocenters. The normalized spacial score (nSPS) is 16.6. The minimum Gasteiger partial charge on any atom is -0.489 e. The van der Waals surface area contributed by atoms with Crippen LogP contribution >= 0.6 is 23.4 Å². The molecule has 0 radical (unpaired) electrons. The van der Waals surface area contributed by atoms with Crippen LogP contribution in [0.2, 0.25) is 0 Å². The fraction of sp³-hybridized carbons (Fsp3) is 0.462. The van der Waals surface area contributed by atoms with Crippen LogP contribution in [0.25, 0.3) is 0 Å². The zero-order valence-electron chi connectivity index (χ0n) is 10.1. The van der Waals surface area contributed by atoms with Crippen molar-refractivity contribution in [1.82, 2.24) is 0 Å². The summed E-state index contributed by atoms with van der Waals surface area (Å²) in [5, 5.41) is -0.459. The molecular weight excluding hydrogens is 272 g/mol. The van der Waals surface area contributed by atoms with Crippen molar-refractivity contribution in [2.24, 2.45) is 0 Å². The average Bonchev–Trinajstić information content (AvgIpc) is 2.39. The molecule has 1 fully saturated rings. The Kier molecular flexibility index (Phi) is 4.92. The summed E-state index contributed by atoms with van der Waals surface area (Å²) in [6.07, 6.45) is 3.90. The van der Waals surface area contributed by atoms with Crippen LogP contribution in [0, 0.1) is 0 Å². The smallest absolute Gasteiger partial charge is 0.252 e. The quantitative estimate of drug-likeness (QED) is 0.628. The Morgan fingerprint density at radius 2 is 2.17 bits per heavy atom. The first-order valence-corrected chi connectivity index (χ1v) is 7.43. The van der Waals surface area contributed by atoms with E-state index in [1.54, 1.807) is 23.9 Å². The lowest BCUT2D eigenvalue weighted by molar-refractivity contribution is 0.0244. The second-order valence-corrected chi connectivity index (χ2v) is 5.26. The molecule has 0 N–H and O–H groups in total. The Morgan fingerprint density at radius 3 is 2.78 bits per heavy atom. The number of carbonyl (C=O) groups excluding carboxylic acids is 1. The number of rotatable bonds is 4. The summed E-state index contributed by atoms with van der Waals surface area (Å²) in [7, 11) is 0. The van der Waals surface area contributed by atoms with Crippen molar-refractivity contribution in [3.05, 3.63) is 23.8 Å². The Morgan fingerprint density at radius 1 is 1.44 bits per heavy atom. The minimum atomic E-state index is -0.459. The average molecular weight is 287 g/mol. The van der Waals surface area contributed by atoms with Crippen LogP contribution in [0.3, 0.4) is 0 Å². The number of carbonyl (C=O) groups is 1. The standard InChI is InChI=1S/C13H15ClO3S/c1-18-12-3-2-9(13(14)15)8-11(12)17-10-4-6-16-7-5-10/h2-3,8,10H,4-7H2,1H3. The van der Waals surface area contributed by atoms with E-state index < -0.39 is 5.24 Å². The van der Waals surface area contributed by atoms with E-state index in [4.69, 9.17) is 21.1 Å². The molecule has 1 aliphatic rings. The first kappa shape index (κ1) is 13.7. The molecule has 0 spiro atoms. The molecule has 1 aromatic rings. The molecule has 98 valence electrons. The SMILES string of the molecule is CSc1ccc(C(=O)Cl)cc1OC1CCOCC1. The van der Waals surface area contributed by atoms with Gasteiger partial charge in [0.2, 0.25) is 0 Å². The molecule has 1 heterocycles. The maximum Gasteiger partial charge on any atom is 0.252 e. The largest absolute Gasteiger partial charge is 0.489 e. The van der Waals surface area contributed by atoms with E-state index in [-0.39, 0.29) is 6.10 Å². The van der Waals surface area contributed by atoms with Crippen LogP contribution in [0.15, 0.2) is 23.1 Å². The number of hydrogen-bond donors (Lipinski definition) is 0. The summed E-state index contributed by atoms with van der Waals surface area (Å²) < 4.78 is 11.3. The van der Waals surface area contributed by atoms with Crippen molar-refractivity contribution in [1.29, 1.82) is 0 Å². The molecule has 3 nitrogen and oxygen atoms in total. The lowest BCUT2D eigenvalue weighted by atomic mass is 10.1. The Labute approximate surface area is 116 Å². The molecule has 18 heavy (non-hydrogen) atoms. The summed E-state index contributed by atoms with van der Waals surface area (Å²) >= 11 is 7.09. The molecule has 0 unspecified atom stereocenters. The van der Waals surface area contributed by atoms with Crippen LogP contribution in [0.5, 0.6) is 5.75 Å². The number of thioether (sulfide) groups is 1. The van der Waals surface area contributed by atoms with Gasteiger partial charge in [-0.15, -0.1) is 11.8 Å². The second-order valence-electron chi connectivity index (χ2n) is 4.07. The van der Waals surface area contributed by atoms with Crippen molar-refractivity contribution in [2.45, 2.75) is 23.8 Å². The van der Waals surface area contributed by atoms with Crippen LogP contribution in [-0.2, 0) is 4.74 Å². The summed E-state index contributed by atoms with van der Waals surface area (Å²) in [6, 6.07) is 5.31. The fourth-order valence-corrected chi connectivity index (χ4v) is 2.49. The van der Waals surface area contributed by atoms with Gasteiger partial charge in [0, 0.05) is 23.3 Å². The monoisotopic (exact) mass is 286 g/mol. The van der Waals surface area contributed by atoms with Gasteiger partial charge in [0.25, 0.3) is 5.24 Å². The van der Waals surface area contributed by atoms with Gasteiger partial charge in [0.05, 0.1) is 13.2 Å². The highest BCUT2D eigenvalue weighted by molar-refractivity contribution is 7.98. The molecular formula is C13H15ClO3S. The van der Waals surface area contributed by atoms with Gasteiger partial charge in [-0.25, -0.2) is 0 Å². The van der Waals surface area contributed by atoms with E-state index in [2.05, 4.69) is 0 Å². The van der Waals surface area contributed by atoms with E-state index in [0.717, 1.165) is 36.7 Å². The third kappa shape index (κ3) is 3.40. The Balaban J connectivity index is 2.17. The predicted molar refractivity (Wildman–Crippen MR) is 72.9 cm³/mol. The van der Waals surface area contributed by atoms with Gasteiger partial charge >= 0.3 is 0 Å². The van der Waals surface area contributed by atoms with Crippen LogP contribution in [0.1, 0.15) is 23.2 Å². The van der Waals surface area contributed by atoms with Gasteiger partial charge in [-0.1, -0.05) is 0 Å². The van der Waals surface area contributed by atoms with Crippen molar-refractivity contribution in [3.63, 3.8) is 0 Å².